The van der Waals surface area contributed by atoms with Crippen LogP contribution >= 0.6 is 27.3 Å². The Balaban J connectivity index is 2.36. The van der Waals surface area contributed by atoms with Crippen LogP contribution in [0.15, 0.2) is 15.9 Å². The largest absolute Gasteiger partial charge is 0.341 e. The second kappa shape index (κ2) is 6.73. The Morgan fingerprint density at radius 2 is 2.18 bits per heavy atom. The molecule has 3 amide bonds. The minimum atomic E-state index is -0.498. The quantitative estimate of drug-likeness (QED) is 0.786. The number of rotatable bonds is 4. The molecule has 5 nitrogen and oxygen atoms in total. The van der Waals surface area contributed by atoms with Crippen LogP contribution < -0.4 is 16.0 Å². The zero-order valence-corrected chi connectivity index (χ0v) is 11.9. The van der Waals surface area contributed by atoms with Gasteiger partial charge in [0.1, 0.15) is 0 Å². The van der Waals surface area contributed by atoms with Gasteiger partial charge in [-0.2, -0.15) is 0 Å². The van der Waals surface area contributed by atoms with Crippen LogP contribution in [0, 0.1) is 0 Å². The average Bonchev–Trinajstić information content (AvgIpc) is 2.71. The number of carbonyl (C=O) groups is 2. The lowest BCUT2D eigenvalue weighted by molar-refractivity contribution is -0.121. The lowest BCUT2D eigenvalue weighted by atomic mass is 10.3. The third-order valence-corrected chi connectivity index (χ3v) is 3.69. The average molecular weight is 320 g/mol. The number of hydrogen-bond donors (Lipinski definition) is 3. The molecule has 3 N–H and O–H groups in total. The van der Waals surface area contributed by atoms with Crippen LogP contribution in [0.4, 0.5) is 4.79 Å². The smallest absolute Gasteiger partial charge is 0.321 e. The molecule has 0 aliphatic rings. The summed E-state index contributed by atoms with van der Waals surface area (Å²) in [5.41, 5.74) is 0. The van der Waals surface area contributed by atoms with E-state index in [9.17, 15) is 9.59 Å². The number of halogens is 1. The fraction of sp³-hybridized carbons (Fsp3) is 0.400. The number of urea groups is 1. The van der Waals surface area contributed by atoms with Gasteiger partial charge in [-0.15, -0.1) is 11.3 Å². The van der Waals surface area contributed by atoms with Crippen molar-refractivity contribution in [2.24, 2.45) is 0 Å². The SMILES string of the molecule is CNC(=O)NC(=O)C(C)NCc1ccc(Br)s1. The highest BCUT2D eigenvalue weighted by Gasteiger charge is 2.14. The van der Waals surface area contributed by atoms with Gasteiger partial charge in [-0.1, -0.05) is 0 Å². The molecule has 0 saturated carbocycles. The highest BCUT2D eigenvalue weighted by atomic mass is 79.9. The van der Waals surface area contributed by atoms with Crippen molar-refractivity contribution in [1.29, 1.82) is 0 Å². The lowest BCUT2D eigenvalue weighted by Gasteiger charge is -2.12. The van der Waals surface area contributed by atoms with Crippen LogP contribution in [0.2, 0.25) is 0 Å². The zero-order chi connectivity index (χ0) is 12.8. The fourth-order valence-electron chi connectivity index (χ4n) is 1.08. The minimum absolute atomic E-state index is 0.347. The summed E-state index contributed by atoms with van der Waals surface area (Å²) >= 11 is 4.97. The van der Waals surface area contributed by atoms with Crippen LogP contribution in [0.3, 0.4) is 0 Å². The molecule has 0 bridgehead atoms. The van der Waals surface area contributed by atoms with E-state index < -0.39 is 12.1 Å². The molecule has 0 aliphatic carbocycles. The Morgan fingerprint density at radius 1 is 1.47 bits per heavy atom. The summed E-state index contributed by atoms with van der Waals surface area (Å²) in [6.07, 6.45) is 0. The lowest BCUT2D eigenvalue weighted by Crippen LogP contribution is -2.47. The van der Waals surface area contributed by atoms with E-state index in [0.717, 1.165) is 8.66 Å². The van der Waals surface area contributed by atoms with E-state index >= 15 is 0 Å². The van der Waals surface area contributed by atoms with E-state index in [1.165, 1.54) is 7.05 Å². The van der Waals surface area contributed by atoms with Crippen molar-refractivity contribution < 1.29 is 9.59 Å². The fourth-order valence-corrected chi connectivity index (χ4v) is 2.51. The number of thiophene rings is 1. The van der Waals surface area contributed by atoms with Gasteiger partial charge in [0, 0.05) is 18.5 Å². The minimum Gasteiger partial charge on any atom is -0.341 e. The molecule has 0 saturated heterocycles. The first kappa shape index (κ1) is 14.1. The third kappa shape index (κ3) is 4.84. The Hall–Kier alpha value is -0.920. The highest BCUT2D eigenvalue weighted by Crippen LogP contribution is 2.21. The van der Waals surface area contributed by atoms with Gasteiger partial charge in [0.2, 0.25) is 5.91 Å². The molecule has 7 heteroatoms. The number of carbonyl (C=O) groups excluding carboxylic acids is 2. The zero-order valence-electron chi connectivity index (χ0n) is 9.54. The van der Waals surface area contributed by atoms with Crippen molar-refractivity contribution >= 4 is 39.2 Å². The van der Waals surface area contributed by atoms with Crippen LogP contribution in [0.1, 0.15) is 11.8 Å². The summed E-state index contributed by atoms with van der Waals surface area (Å²) in [5, 5.41) is 7.58. The topological polar surface area (TPSA) is 70.2 Å². The van der Waals surface area contributed by atoms with Crippen molar-refractivity contribution in [3.8, 4) is 0 Å². The summed E-state index contributed by atoms with van der Waals surface area (Å²) in [5.74, 6) is -0.347. The van der Waals surface area contributed by atoms with E-state index in [1.807, 2.05) is 12.1 Å². The second-order valence-corrected chi connectivity index (χ2v) is 5.92. The Morgan fingerprint density at radius 3 is 2.71 bits per heavy atom. The molecule has 0 radical (unpaired) electrons. The molecule has 1 rings (SSSR count). The van der Waals surface area contributed by atoms with Gasteiger partial charge < -0.3 is 10.6 Å². The Bertz CT molecular complexity index is 408. The third-order valence-electron chi connectivity index (χ3n) is 2.07. The van der Waals surface area contributed by atoms with Crippen LogP contribution in [-0.2, 0) is 11.3 Å². The molecule has 0 spiro atoms. The van der Waals surface area contributed by atoms with Gasteiger partial charge in [0.15, 0.2) is 0 Å². The maximum Gasteiger partial charge on any atom is 0.321 e. The molecular formula is C10H14BrN3O2S. The summed E-state index contributed by atoms with van der Waals surface area (Å²) in [6.45, 7) is 2.31. The molecule has 1 aromatic heterocycles. The summed E-state index contributed by atoms with van der Waals surface area (Å²) < 4.78 is 1.05. The predicted molar refractivity (Wildman–Crippen MR) is 70.9 cm³/mol. The van der Waals surface area contributed by atoms with E-state index in [2.05, 4.69) is 31.9 Å². The highest BCUT2D eigenvalue weighted by molar-refractivity contribution is 9.11. The molecule has 0 aromatic carbocycles. The molecule has 94 valence electrons. The second-order valence-electron chi connectivity index (χ2n) is 3.38. The molecule has 1 unspecified atom stereocenters. The summed E-state index contributed by atoms with van der Waals surface area (Å²) in [6, 6.07) is 3.01. The standard InChI is InChI=1S/C10H14BrN3O2S/c1-6(9(15)14-10(16)12-2)13-5-7-3-4-8(11)17-7/h3-4,6,13H,5H2,1-2H3,(H2,12,14,15,16). The number of amides is 3. The van der Waals surface area contributed by atoms with Crippen molar-refractivity contribution in [1.82, 2.24) is 16.0 Å². The van der Waals surface area contributed by atoms with Crippen molar-refractivity contribution in [3.05, 3.63) is 20.8 Å². The van der Waals surface area contributed by atoms with Gasteiger partial charge in [-0.25, -0.2) is 4.79 Å². The van der Waals surface area contributed by atoms with E-state index in [-0.39, 0.29) is 5.91 Å². The maximum atomic E-state index is 11.5. The normalized spacial score (nSPS) is 11.9. The molecule has 0 aliphatic heterocycles. The first-order chi connectivity index (χ1) is 8.02. The van der Waals surface area contributed by atoms with Crippen LogP contribution in [0.25, 0.3) is 0 Å². The molecule has 0 fully saturated rings. The number of imide groups is 1. The first-order valence-corrected chi connectivity index (χ1v) is 6.64. The van der Waals surface area contributed by atoms with Crippen LogP contribution in [-0.4, -0.2) is 25.0 Å². The monoisotopic (exact) mass is 319 g/mol. The first-order valence-electron chi connectivity index (χ1n) is 5.03. The molecular weight excluding hydrogens is 306 g/mol. The number of hydrogen-bond acceptors (Lipinski definition) is 4. The van der Waals surface area contributed by atoms with Gasteiger partial charge in [0.25, 0.3) is 0 Å². The maximum absolute atomic E-state index is 11.5. The van der Waals surface area contributed by atoms with Crippen molar-refractivity contribution in [3.63, 3.8) is 0 Å². The summed E-state index contributed by atoms with van der Waals surface area (Å²) in [7, 11) is 1.46. The van der Waals surface area contributed by atoms with Crippen LogP contribution in [0.5, 0.6) is 0 Å². The molecule has 17 heavy (non-hydrogen) atoms. The van der Waals surface area contributed by atoms with E-state index in [1.54, 1.807) is 18.3 Å². The van der Waals surface area contributed by atoms with Crippen molar-refractivity contribution in [2.45, 2.75) is 19.5 Å². The van der Waals surface area contributed by atoms with Gasteiger partial charge >= 0.3 is 6.03 Å². The van der Waals surface area contributed by atoms with Gasteiger partial charge in [-0.05, 0) is 35.0 Å². The number of nitrogens with one attached hydrogen (secondary N) is 3. The van der Waals surface area contributed by atoms with Gasteiger partial charge in [-0.3, -0.25) is 10.1 Å². The molecule has 1 aromatic rings. The van der Waals surface area contributed by atoms with Gasteiger partial charge in [0.05, 0.1) is 9.83 Å². The summed E-state index contributed by atoms with van der Waals surface area (Å²) in [4.78, 5) is 23.5. The Labute approximate surface area is 112 Å². The molecule has 1 atom stereocenters. The predicted octanol–water partition coefficient (Wildman–Crippen LogP) is 1.44. The Kier molecular flexibility index (Phi) is 5.60. The van der Waals surface area contributed by atoms with E-state index in [0.29, 0.717) is 6.54 Å². The van der Waals surface area contributed by atoms with E-state index in [4.69, 9.17) is 0 Å². The molecule has 1 heterocycles. The van der Waals surface area contributed by atoms with Crippen molar-refractivity contribution in [2.75, 3.05) is 7.05 Å².